The molecule has 0 aliphatic rings. The lowest BCUT2D eigenvalue weighted by Crippen LogP contribution is -2.14. The summed E-state index contributed by atoms with van der Waals surface area (Å²) in [6.07, 6.45) is 1.47. The van der Waals surface area contributed by atoms with Crippen LogP contribution in [0.25, 0.3) is 11.0 Å². The van der Waals surface area contributed by atoms with E-state index in [1.54, 1.807) is 12.1 Å². The number of fused-ring (bicyclic) bond motifs is 1. The summed E-state index contributed by atoms with van der Waals surface area (Å²) in [5, 5.41) is 3.37. The number of nitrogens with zero attached hydrogens (tertiary/aromatic N) is 2. The molecule has 0 unspecified atom stereocenters. The van der Waals surface area contributed by atoms with Crippen molar-refractivity contribution in [2.45, 2.75) is 6.92 Å². The van der Waals surface area contributed by atoms with E-state index >= 15 is 0 Å². The van der Waals surface area contributed by atoms with E-state index in [-0.39, 0.29) is 11.6 Å². The molecular weight excluding hydrogens is 286 g/mol. The Morgan fingerprint density at radius 2 is 1.90 bits per heavy atom. The standard InChI is InChI=1S/C16H12ClN3O/c1-10-6-7-11(8-12(10)17)19-16(21)15-9-18-13-4-2-3-5-14(13)20-15/h2-9H,1H3,(H,19,21). The summed E-state index contributed by atoms with van der Waals surface area (Å²) in [4.78, 5) is 20.7. The molecule has 2 aromatic carbocycles. The Labute approximate surface area is 126 Å². The number of rotatable bonds is 2. The van der Waals surface area contributed by atoms with Crippen molar-refractivity contribution >= 4 is 34.2 Å². The Morgan fingerprint density at radius 1 is 1.14 bits per heavy atom. The molecule has 3 rings (SSSR count). The first-order valence-electron chi connectivity index (χ1n) is 6.43. The summed E-state index contributed by atoms with van der Waals surface area (Å²) in [5.74, 6) is -0.312. The molecule has 1 amide bonds. The van der Waals surface area contributed by atoms with Crippen LogP contribution in [0, 0.1) is 6.92 Å². The Hall–Kier alpha value is -2.46. The van der Waals surface area contributed by atoms with Gasteiger partial charge in [-0.1, -0.05) is 29.8 Å². The van der Waals surface area contributed by atoms with Crippen LogP contribution in [0.1, 0.15) is 16.1 Å². The predicted molar refractivity (Wildman–Crippen MR) is 83.7 cm³/mol. The number of carbonyl (C=O) groups excluding carboxylic acids is 1. The van der Waals surface area contributed by atoms with Gasteiger partial charge in [-0.15, -0.1) is 0 Å². The molecule has 1 N–H and O–H groups in total. The van der Waals surface area contributed by atoms with E-state index in [1.165, 1.54) is 6.20 Å². The number of anilines is 1. The van der Waals surface area contributed by atoms with E-state index in [2.05, 4.69) is 15.3 Å². The van der Waals surface area contributed by atoms with Crippen molar-refractivity contribution < 1.29 is 4.79 Å². The number of para-hydroxylation sites is 2. The van der Waals surface area contributed by atoms with Crippen LogP contribution in [0.5, 0.6) is 0 Å². The second kappa shape index (κ2) is 5.50. The molecule has 3 aromatic rings. The maximum absolute atomic E-state index is 12.2. The van der Waals surface area contributed by atoms with E-state index in [9.17, 15) is 4.79 Å². The number of hydrogen-bond acceptors (Lipinski definition) is 3. The van der Waals surface area contributed by atoms with Crippen molar-refractivity contribution in [1.82, 2.24) is 9.97 Å². The number of amides is 1. The Bertz CT molecular complexity index is 833. The minimum absolute atomic E-state index is 0.269. The highest BCUT2D eigenvalue weighted by molar-refractivity contribution is 6.31. The third-order valence-electron chi connectivity index (χ3n) is 3.11. The van der Waals surface area contributed by atoms with Crippen molar-refractivity contribution in [3.63, 3.8) is 0 Å². The highest BCUT2D eigenvalue weighted by atomic mass is 35.5. The average molecular weight is 298 g/mol. The lowest BCUT2D eigenvalue weighted by molar-refractivity contribution is 0.102. The van der Waals surface area contributed by atoms with Gasteiger partial charge in [0.05, 0.1) is 17.2 Å². The average Bonchev–Trinajstić information content (AvgIpc) is 2.50. The topological polar surface area (TPSA) is 54.9 Å². The number of halogens is 1. The van der Waals surface area contributed by atoms with E-state index in [0.717, 1.165) is 11.1 Å². The molecule has 0 spiro atoms. The predicted octanol–water partition coefficient (Wildman–Crippen LogP) is 3.84. The maximum atomic E-state index is 12.2. The first-order chi connectivity index (χ1) is 10.1. The highest BCUT2D eigenvalue weighted by Crippen LogP contribution is 2.20. The second-order valence-electron chi connectivity index (χ2n) is 4.66. The fourth-order valence-corrected chi connectivity index (χ4v) is 2.11. The quantitative estimate of drug-likeness (QED) is 0.782. The number of carbonyl (C=O) groups is 1. The van der Waals surface area contributed by atoms with E-state index < -0.39 is 0 Å². The van der Waals surface area contributed by atoms with Crippen LogP contribution in [0.4, 0.5) is 5.69 Å². The Kier molecular flexibility index (Phi) is 3.54. The molecule has 1 heterocycles. The molecular formula is C16H12ClN3O. The monoisotopic (exact) mass is 297 g/mol. The van der Waals surface area contributed by atoms with Gasteiger partial charge in [-0.05, 0) is 36.8 Å². The van der Waals surface area contributed by atoms with Crippen molar-refractivity contribution in [2.24, 2.45) is 0 Å². The fraction of sp³-hybridized carbons (Fsp3) is 0.0625. The molecule has 4 nitrogen and oxygen atoms in total. The molecule has 21 heavy (non-hydrogen) atoms. The Balaban J connectivity index is 1.87. The van der Waals surface area contributed by atoms with Crippen molar-refractivity contribution in [3.05, 3.63) is 64.9 Å². The summed E-state index contributed by atoms with van der Waals surface area (Å²) in [6, 6.07) is 12.8. The number of aryl methyl sites for hydroxylation is 1. The SMILES string of the molecule is Cc1ccc(NC(=O)c2cnc3ccccc3n2)cc1Cl. The number of aromatic nitrogens is 2. The van der Waals surface area contributed by atoms with Crippen LogP contribution in [-0.2, 0) is 0 Å². The number of nitrogens with one attached hydrogen (secondary N) is 1. The van der Waals surface area contributed by atoms with Gasteiger partial charge in [-0.25, -0.2) is 4.98 Å². The third-order valence-corrected chi connectivity index (χ3v) is 3.52. The molecule has 0 fully saturated rings. The van der Waals surface area contributed by atoms with Gasteiger partial charge in [0.25, 0.3) is 5.91 Å². The molecule has 5 heteroatoms. The van der Waals surface area contributed by atoms with Crippen LogP contribution in [0.15, 0.2) is 48.7 Å². The van der Waals surface area contributed by atoms with E-state index in [4.69, 9.17) is 11.6 Å². The van der Waals surface area contributed by atoms with Gasteiger partial charge in [0.2, 0.25) is 0 Å². The number of benzene rings is 2. The molecule has 0 atom stereocenters. The minimum Gasteiger partial charge on any atom is -0.321 e. The smallest absolute Gasteiger partial charge is 0.275 e. The van der Waals surface area contributed by atoms with E-state index in [0.29, 0.717) is 16.2 Å². The van der Waals surface area contributed by atoms with Gasteiger partial charge in [-0.3, -0.25) is 9.78 Å². The lowest BCUT2D eigenvalue weighted by Gasteiger charge is -2.06. The first kappa shape index (κ1) is 13.5. The van der Waals surface area contributed by atoms with Crippen LogP contribution in [-0.4, -0.2) is 15.9 Å². The van der Waals surface area contributed by atoms with Crippen LogP contribution >= 0.6 is 11.6 Å². The van der Waals surface area contributed by atoms with Crippen molar-refractivity contribution in [3.8, 4) is 0 Å². The number of hydrogen-bond donors (Lipinski definition) is 1. The van der Waals surface area contributed by atoms with Gasteiger partial charge in [0, 0.05) is 10.7 Å². The zero-order chi connectivity index (χ0) is 14.8. The largest absolute Gasteiger partial charge is 0.321 e. The van der Waals surface area contributed by atoms with Gasteiger partial charge < -0.3 is 5.32 Å². The van der Waals surface area contributed by atoms with Gasteiger partial charge in [-0.2, -0.15) is 0 Å². The molecule has 0 aliphatic heterocycles. The van der Waals surface area contributed by atoms with Crippen molar-refractivity contribution in [1.29, 1.82) is 0 Å². The van der Waals surface area contributed by atoms with Gasteiger partial charge in [0.1, 0.15) is 5.69 Å². The van der Waals surface area contributed by atoms with Crippen LogP contribution in [0.2, 0.25) is 5.02 Å². The van der Waals surface area contributed by atoms with Gasteiger partial charge >= 0.3 is 0 Å². The maximum Gasteiger partial charge on any atom is 0.275 e. The Morgan fingerprint density at radius 3 is 2.67 bits per heavy atom. The second-order valence-corrected chi connectivity index (χ2v) is 5.07. The highest BCUT2D eigenvalue weighted by Gasteiger charge is 2.10. The summed E-state index contributed by atoms with van der Waals surface area (Å²) in [5.41, 5.74) is 3.30. The summed E-state index contributed by atoms with van der Waals surface area (Å²) < 4.78 is 0. The van der Waals surface area contributed by atoms with E-state index in [1.807, 2.05) is 37.3 Å². The third kappa shape index (κ3) is 2.85. The molecule has 0 radical (unpaired) electrons. The summed E-state index contributed by atoms with van der Waals surface area (Å²) in [6.45, 7) is 1.91. The van der Waals surface area contributed by atoms with Crippen molar-refractivity contribution in [2.75, 3.05) is 5.32 Å². The molecule has 0 aliphatic carbocycles. The van der Waals surface area contributed by atoms with Gasteiger partial charge in [0.15, 0.2) is 0 Å². The zero-order valence-corrected chi connectivity index (χ0v) is 12.1. The molecule has 0 saturated carbocycles. The molecule has 1 aromatic heterocycles. The lowest BCUT2D eigenvalue weighted by atomic mass is 10.2. The minimum atomic E-state index is -0.312. The van der Waals surface area contributed by atoms with Crippen LogP contribution in [0.3, 0.4) is 0 Å². The molecule has 0 bridgehead atoms. The summed E-state index contributed by atoms with van der Waals surface area (Å²) >= 11 is 6.04. The fourth-order valence-electron chi connectivity index (χ4n) is 1.93. The zero-order valence-electron chi connectivity index (χ0n) is 11.3. The molecule has 104 valence electrons. The first-order valence-corrected chi connectivity index (χ1v) is 6.80. The normalized spacial score (nSPS) is 10.6. The van der Waals surface area contributed by atoms with Crippen LogP contribution < -0.4 is 5.32 Å². The molecule has 0 saturated heterocycles. The summed E-state index contributed by atoms with van der Waals surface area (Å²) in [7, 11) is 0.